The Labute approximate surface area is 106 Å². The van der Waals surface area contributed by atoms with Crippen molar-refractivity contribution in [3.63, 3.8) is 0 Å². The molecule has 0 unspecified atom stereocenters. The molecule has 0 atom stereocenters. The summed E-state index contributed by atoms with van der Waals surface area (Å²) in [7, 11) is 1.60. The molecule has 0 spiro atoms. The fraction of sp³-hybridized carbons (Fsp3) is 0.417. The summed E-state index contributed by atoms with van der Waals surface area (Å²) in [6.45, 7) is 2.86. The number of carbonyl (C=O) groups excluding carboxylic acids is 1. The molecule has 1 rings (SSSR count). The van der Waals surface area contributed by atoms with E-state index in [2.05, 4.69) is 5.32 Å². The van der Waals surface area contributed by atoms with E-state index in [0.29, 0.717) is 18.9 Å². The van der Waals surface area contributed by atoms with Gasteiger partial charge in [0, 0.05) is 18.2 Å². The lowest BCUT2D eigenvalue weighted by atomic mass is 10.2. The average Bonchev–Trinajstić information content (AvgIpc) is 2.37. The van der Waals surface area contributed by atoms with Crippen LogP contribution < -0.4 is 14.8 Å². The van der Waals surface area contributed by atoms with Gasteiger partial charge in [-0.15, -0.1) is 11.6 Å². The standard InChI is InChI=1S/C12H16ClNO3/c1-3-17-11-6-10(16-2)5-4-9(11)8-14-12(15)7-13/h4-6H,3,7-8H2,1-2H3,(H,14,15). The number of methoxy groups -OCH3 is 1. The van der Waals surface area contributed by atoms with Crippen molar-refractivity contribution < 1.29 is 14.3 Å². The minimum atomic E-state index is -0.204. The Bertz CT molecular complexity index is 382. The molecule has 0 aromatic heterocycles. The molecule has 0 saturated carbocycles. The smallest absolute Gasteiger partial charge is 0.235 e. The normalized spacial score (nSPS) is 9.82. The summed E-state index contributed by atoms with van der Waals surface area (Å²) in [5.74, 6) is 1.19. The number of halogens is 1. The van der Waals surface area contributed by atoms with Crippen molar-refractivity contribution in [3.05, 3.63) is 23.8 Å². The monoisotopic (exact) mass is 257 g/mol. The molecule has 4 nitrogen and oxygen atoms in total. The van der Waals surface area contributed by atoms with E-state index in [1.807, 2.05) is 19.1 Å². The fourth-order valence-corrected chi connectivity index (χ4v) is 1.43. The number of nitrogens with one attached hydrogen (secondary N) is 1. The highest BCUT2D eigenvalue weighted by Gasteiger charge is 2.07. The maximum Gasteiger partial charge on any atom is 0.235 e. The zero-order chi connectivity index (χ0) is 12.7. The Morgan fingerprint density at radius 3 is 2.82 bits per heavy atom. The summed E-state index contributed by atoms with van der Waals surface area (Å²) >= 11 is 5.40. The lowest BCUT2D eigenvalue weighted by Gasteiger charge is -2.12. The molecular formula is C12H16ClNO3. The third-order valence-corrected chi connectivity index (χ3v) is 2.41. The van der Waals surface area contributed by atoms with Crippen molar-refractivity contribution in [1.82, 2.24) is 5.32 Å². The largest absolute Gasteiger partial charge is 0.497 e. The van der Waals surface area contributed by atoms with Crippen LogP contribution in [0.1, 0.15) is 12.5 Å². The van der Waals surface area contributed by atoms with Gasteiger partial charge in [0.25, 0.3) is 0 Å². The number of benzene rings is 1. The number of alkyl halides is 1. The first-order valence-corrected chi connectivity index (χ1v) is 5.87. The van der Waals surface area contributed by atoms with Gasteiger partial charge in [0.15, 0.2) is 0 Å². The molecular weight excluding hydrogens is 242 g/mol. The molecule has 94 valence electrons. The first kappa shape index (κ1) is 13.6. The summed E-state index contributed by atoms with van der Waals surface area (Å²) in [5.41, 5.74) is 0.895. The molecule has 0 saturated heterocycles. The van der Waals surface area contributed by atoms with Crippen molar-refractivity contribution in [2.75, 3.05) is 19.6 Å². The van der Waals surface area contributed by atoms with Crippen LogP contribution in [-0.4, -0.2) is 25.5 Å². The second kappa shape index (κ2) is 7.01. The van der Waals surface area contributed by atoms with Crippen LogP contribution in [0.2, 0.25) is 0 Å². The van der Waals surface area contributed by atoms with E-state index >= 15 is 0 Å². The fourth-order valence-electron chi connectivity index (χ4n) is 1.34. The predicted octanol–water partition coefficient (Wildman–Crippen LogP) is 1.95. The van der Waals surface area contributed by atoms with Crippen molar-refractivity contribution >= 4 is 17.5 Å². The van der Waals surface area contributed by atoms with Crippen LogP contribution in [0.25, 0.3) is 0 Å². The number of hydrogen-bond acceptors (Lipinski definition) is 3. The maximum absolute atomic E-state index is 11.1. The topological polar surface area (TPSA) is 47.6 Å². The second-order valence-electron chi connectivity index (χ2n) is 3.32. The lowest BCUT2D eigenvalue weighted by Crippen LogP contribution is -2.24. The quantitative estimate of drug-likeness (QED) is 0.793. The van der Waals surface area contributed by atoms with Gasteiger partial charge in [0.1, 0.15) is 17.4 Å². The highest BCUT2D eigenvalue weighted by Crippen LogP contribution is 2.24. The summed E-state index contributed by atoms with van der Waals surface area (Å²) in [6.07, 6.45) is 0. The molecule has 1 amide bonds. The van der Waals surface area contributed by atoms with Crippen molar-refractivity contribution in [2.45, 2.75) is 13.5 Å². The zero-order valence-corrected chi connectivity index (χ0v) is 10.7. The summed E-state index contributed by atoms with van der Waals surface area (Å²) in [6, 6.07) is 5.48. The predicted molar refractivity (Wildman–Crippen MR) is 66.7 cm³/mol. The van der Waals surface area contributed by atoms with Crippen LogP contribution in [0.5, 0.6) is 11.5 Å². The third-order valence-electron chi connectivity index (χ3n) is 2.17. The van der Waals surface area contributed by atoms with E-state index in [4.69, 9.17) is 21.1 Å². The molecule has 0 aliphatic heterocycles. The van der Waals surface area contributed by atoms with Gasteiger partial charge in [-0.1, -0.05) is 0 Å². The number of amides is 1. The number of hydrogen-bond donors (Lipinski definition) is 1. The van der Waals surface area contributed by atoms with Crippen LogP contribution in [0.15, 0.2) is 18.2 Å². The van der Waals surface area contributed by atoms with Gasteiger partial charge in [-0.3, -0.25) is 4.79 Å². The van der Waals surface area contributed by atoms with Crippen molar-refractivity contribution in [2.24, 2.45) is 0 Å². The molecule has 0 aliphatic carbocycles. The van der Waals surface area contributed by atoms with Gasteiger partial charge in [-0.05, 0) is 19.1 Å². The van der Waals surface area contributed by atoms with Crippen LogP contribution in [0.4, 0.5) is 0 Å². The van der Waals surface area contributed by atoms with Crippen LogP contribution in [-0.2, 0) is 11.3 Å². The Morgan fingerprint density at radius 2 is 2.24 bits per heavy atom. The summed E-state index contributed by atoms with van der Waals surface area (Å²) in [4.78, 5) is 11.1. The van der Waals surface area contributed by atoms with Gasteiger partial charge in [-0.2, -0.15) is 0 Å². The van der Waals surface area contributed by atoms with Gasteiger partial charge >= 0.3 is 0 Å². The Morgan fingerprint density at radius 1 is 1.47 bits per heavy atom. The molecule has 5 heteroatoms. The van der Waals surface area contributed by atoms with Gasteiger partial charge < -0.3 is 14.8 Å². The summed E-state index contributed by atoms with van der Waals surface area (Å²) < 4.78 is 10.6. The first-order valence-electron chi connectivity index (χ1n) is 5.33. The molecule has 17 heavy (non-hydrogen) atoms. The molecule has 1 N–H and O–H groups in total. The minimum Gasteiger partial charge on any atom is -0.497 e. The Hall–Kier alpha value is -1.42. The van der Waals surface area contributed by atoms with E-state index in [0.717, 1.165) is 11.3 Å². The van der Waals surface area contributed by atoms with Crippen LogP contribution >= 0.6 is 11.6 Å². The van der Waals surface area contributed by atoms with Crippen LogP contribution in [0.3, 0.4) is 0 Å². The molecule has 1 aromatic rings. The van der Waals surface area contributed by atoms with Gasteiger partial charge in [0.05, 0.1) is 13.7 Å². The number of ether oxygens (including phenoxy) is 2. The Balaban J connectivity index is 2.78. The molecule has 0 fully saturated rings. The average molecular weight is 258 g/mol. The van der Waals surface area contributed by atoms with Crippen LogP contribution in [0, 0.1) is 0 Å². The highest BCUT2D eigenvalue weighted by atomic mass is 35.5. The summed E-state index contributed by atoms with van der Waals surface area (Å²) in [5, 5.41) is 2.69. The highest BCUT2D eigenvalue weighted by molar-refractivity contribution is 6.27. The van der Waals surface area contributed by atoms with Gasteiger partial charge in [0.2, 0.25) is 5.91 Å². The zero-order valence-electron chi connectivity index (χ0n) is 9.96. The lowest BCUT2D eigenvalue weighted by molar-refractivity contribution is -0.118. The maximum atomic E-state index is 11.1. The van der Waals surface area contributed by atoms with E-state index in [9.17, 15) is 4.79 Å². The van der Waals surface area contributed by atoms with Crippen molar-refractivity contribution in [1.29, 1.82) is 0 Å². The van der Waals surface area contributed by atoms with E-state index in [-0.39, 0.29) is 11.8 Å². The van der Waals surface area contributed by atoms with E-state index in [1.54, 1.807) is 13.2 Å². The van der Waals surface area contributed by atoms with E-state index < -0.39 is 0 Å². The minimum absolute atomic E-state index is 0.0415. The molecule has 1 aromatic carbocycles. The first-order chi connectivity index (χ1) is 8.21. The number of rotatable bonds is 6. The molecule has 0 aliphatic rings. The van der Waals surface area contributed by atoms with Gasteiger partial charge in [-0.25, -0.2) is 0 Å². The SMILES string of the molecule is CCOc1cc(OC)ccc1CNC(=O)CCl. The third kappa shape index (κ3) is 4.15. The van der Waals surface area contributed by atoms with Crippen molar-refractivity contribution in [3.8, 4) is 11.5 Å². The molecule has 0 heterocycles. The van der Waals surface area contributed by atoms with E-state index in [1.165, 1.54) is 0 Å². The Kier molecular flexibility index (Phi) is 5.63. The number of carbonyl (C=O) groups is 1. The molecule has 0 bridgehead atoms. The molecule has 0 radical (unpaired) electrons. The second-order valence-corrected chi connectivity index (χ2v) is 3.58.